The first-order chi connectivity index (χ1) is 9.17. The molecule has 1 saturated heterocycles. The van der Waals surface area contributed by atoms with E-state index in [0.29, 0.717) is 0 Å². The Morgan fingerprint density at radius 2 is 2.05 bits per heavy atom. The summed E-state index contributed by atoms with van der Waals surface area (Å²) in [4.78, 5) is 2.37. The predicted octanol–water partition coefficient (Wildman–Crippen LogP) is 3.01. The van der Waals surface area contributed by atoms with Gasteiger partial charge in [-0.05, 0) is 56.6 Å². The van der Waals surface area contributed by atoms with Crippen molar-refractivity contribution in [2.24, 2.45) is 0 Å². The Kier molecular flexibility index (Phi) is 4.39. The smallest absolute Gasteiger partial charge is 0.126 e. The van der Waals surface area contributed by atoms with Gasteiger partial charge in [0, 0.05) is 12.2 Å². The predicted molar refractivity (Wildman–Crippen MR) is 74.3 cm³/mol. The lowest BCUT2D eigenvalue weighted by molar-refractivity contribution is 0.297. The molecule has 102 valence electrons. The number of hydrogen-bond donors (Lipinski definition) is 1. The molecule has 1 aromatic carbocycles. The first kappa shape index (κ1) is 13.8. The van der Waals surface area contributed by atoms with Crippen LogP contribution in [-0.2, 0) is 0 Å². The van der Waals surface area contributed by atoms with E-state index in [1.807, 2.05) is 0 Å². The van der Waals surface area contributed by atoms with Crippen molar-refractivity contribution in [2.45, 2.75) is 31.7 Å². The van der Waals surface area contributed by atoms with Crippen molar-refractivity contribution in [1.29, 1.82) is 5.26 Å². The third-order valence-electron chi connectivity index (χ3n) is 3.82. The lowest BCUT2D eigenvalue weighted by atomic mass is 9.92. The third-order valence-corrected chi connectivity index (χ3v) is 3.82. The second-order valence-electron chi connectivity index (χ2n) is 5.11. The third kappa shape index (κ3) is 3.45. The first-order valence-corrected chi connectivity index (χ1v) is 6.85. The number of nitrogens with one attached hydrogen (secondary N) is 1. The summed E-state index contributed by atoms with van der Waals surface area (Å²) in [7, 11) is 0. The summed E-state index contributed by atoms with van der Waals surface area (Å²) in [6.07, 6.45) is 2.64. The first-order valence-electron chi connectivity index (χ1n) is 6.85. The van der Waals surface area contributed by atoms with Gasteiger partial charge >= 0.3 is 0 Å². The van der Waals surface area contributed by atoms with Crippen molar-refractivity contribution in [1.82, 2.24) is 4.90 Å². The molecule has 1 aliphatic rings. The second kappa shape index (κ2) is 6.03. The largest absolute Gasteiger partial charge is 0.367 e. The quantitative estimate of drug-likeness (QED) is 0.909. The summed E-state index contributed by atoms with van der Waals surface area (Å²) < 4.78 is 12.9. The van der Waals surface area contributed by atoms with Gasteiger partial charge in [0.15, 0.2) is 0 Å². The van der Waals surface area contributed by atoms with E-state index in [-0.39, 0.29) is 5.82 Å². The van der Waals surface area contributed by atoms with Crippen molar-refractivity contribution >= 4 is 5.69 Å². The summed E-state index contributed by atoms with van der Waals surface area (Å²) in [5.74, 6) is -0.255. The fourth-order valence-corrected chi connectivity index (χ4v) is 2.58. The van der Waals surface area contributed by atoms with Gasteiger partial charge in [-0.25, -0.2) is 4.39 Å². The van der Waals surface area contributed by atoms with Crippen molar-refractivity contribution in [3.8, 4) is 6.07 Å². The van der Waals surface area contributed by atoms with Gasteiger partial charge in [-0.1, -0.05) is 6.92 Å². The average molecular weight is 261 g/mol. The van der Waals surface area contributed by atoms with Gasteiger partial charge in [-0.15, -0.1) is 0 Å². The number of nitrogens with zero attached hydrogens (tertiary/aromatic N) is 2. The van der Waals surface area contributed by atoms with Crippen LogP contribution < -0.4 is 5.32 Å². The van der Waals surface area contributed by atoms with Gasteiger partial charge in [-0.3, -0.25) is 0 Å². The minimum atomic E-state index is -0.526. The zero-order chi connectivity index (χ0) is 13.7. The van der Waals surface area contributed by atoms with Gasteiger partial charge in [-0.2, -0.15) is 5.26 Å². The molecular formula is C15H20FN3. The molecule has 1 fully saturated rings. The molecule has 2 rings (SSSR count). The van der Waals surface area contributed by atoms with Crippen molar-refractivity contribution in [2.75, 3.05) is 25.0 Å². The monoisotopic (exact) mass is 261 g/mol. The van der Waals surface area contributed by atoms with E-state index in [0.717, 1.165) is 44.6 Å². The Labute approximate surface area is 114 Å². The summed E-state index contributed by atoms with van der Waals surface area (Å²) in [6, 6.07) is 8.65. The number of benzene rings is 1. The van der Waals surface area contributed by atoms with Gasteiger partial charge in [0.1, 0.15) is 11.4 Å². The maximum absolute atomic E-state index is 12.9. The van der Waals surface area contributed by atoms with Crippen LogP contribution in [0.3, 0.4) is 0 Å². The Morgan fingerprint density at radius 3 is 2.68 bits per heavy atom. The molecule has 4 heteroatoms. The van der Waals surface area contributed by atoms with Crippen LogP contribution in [-0.4, -0.2) is 30.1 Å². The number of halogens is 1. The number of likely N-dealkylation sites (tertiary alicyclic amines) is 1. The highest BCUT2D eigenvalue weighted by Crippen LogP contribution is 2.26. The van der Waals surface area contributed by atoms with Crippen LogP contribution in [0.1, 0.15) is 26.2 Å². The maximum Gasteiger partial charge on any atom is 0.126 e. The fraction of sp³-hybridized carbons (Fsp3) is 0.533. The lowest BCUT2D eigenvalue weighted by Gasteiger charge is -2.27. The number of nitriles is 1. The molecule has 1 unspecified atom stereocenters. The van der Waals surface area contributed by atoms with Crippen LogP contribution in [0.25, 0.3) is 0 Å². The van der Waals surface area contributed by atoms with Crippen LogP contribution in [0.4, 0.5) is 10.1 Å². The molecule has 3 nitrogen and oxygen atoms in total. The summed E-state index contributed by atoms with van der Waals surface area (Å²) in [6.45, 7) is 5.15. The van der Waals surface area contributed by atoms with Gasteiger partial charge < -0.3 is 10.2 Å². The van der Waals surface area contributed by atoms with E-state index >= 15 is 0 Å². The Hall–Kier alpha value is -1.60. The van der Waals surface area contributed by atoms with Gasteiger partial charge in [0.05, 0.1) is 6.07 Å². The molecule has 0 aromatic heterocycles. The topological polar surface area (TPSA) is 39.1 Å². The molecule has 1 heterocycles. The Bertz CT molecular complexity index is 451. The molecule has 0 amide bonds. The molecule has 1 N–H and O–H groups in total. The number of hydrogen-bond acceptors (Lipinski definition) is 3. The number of anilines is 1. The van der Waals surface area contributed by atoms with Crippen molar-refractivity contribution < 1.29 is 4.39 Å². The van der Waals surface area contributed by atoms with E-state index in [4.69, 9.17) is 0 Å². The van der Waals surface area contributed by atoms with Gasteiger partial charge in [0.2, 0.25) is 0 Å². The van der Waals surface area contributed by atoms with E-state index in [9.17, 15) is 9.65 Å². The Balaban J connectivity index is 2.10. The second-order valence-corrected chi connectivity index (χ2v) is 5.11. The maximum atomic E-state index is 12.9. The summed E-state index contributed by atoms with van der Waals surface area (Å²) in [5, 5.41) is 12.8. The minimum absolute atomic E-state index is 0.255. The lowest BCUT2D eigenvalue weighted by Crippen LogP contribution is -2.37. The minimum Gasteiger partial charge on any atom is -0.367 e. The van der Waals surface area contributed by atoms with Crippen LogP contribution in [0.15, 0.2) is 24.3 Å². The highest BCUT2D eigenvalue weighted by atomic mass is 19.1. The number of rotatable bonds is 3. The zero-order valence-electron chi connectivity index (χ0n) is 11.3. The highest BCUT2D eigenvalue weighted by Gasteiger charge is 2.32. The van der Waals surface area contributed by atoms with Crippen LogP contribution >= 0.6 is 0 Å². The van der Waals surface area contributed by atoms with Crippen molar-refractivity contribution in [3.63, 3.8) is 0 Å². The van der Waals surface area contributed by atoms with E-state index < -0.39 is 5.54 Å². The zero-order valence-corrected chi connectivity index (χ0v) is 11.3. The molecule has 0 spiro atoms. The van der Waals surface area contributed by atoms with E-state index in [2.05, 4.69) is 23.2 Å². The van der Waals surface area contributed by atoms with Gasteiger partial charge in [0.25, 0.3) is 0 Å². The normalized spacial score (nSPS) is 24.5. The van der Waals surface area contributed by atoms with E-state index in [1.54, 1.807) is 12.1 Å². The molecule has 1 atom stereocenters. The highest BCUT2D eigenvalue weighted by molar-refractivity contribution is 5.47. The molecule has 1 aliphatic heterocycles. The average Bonchev–Trinajstić information content (AvgIpc) is 2.64. The summed E-state index contributed by atoms with van der Waals surface area (Å²) >= 11 is 0. The van der Waals surface area contributed by atoms with Crippen LogP contribution in [0, 0.1) is 17.1 Å². The standard InChI is InChI=1S/C15H20FN3/c1-2-19-10-3-8-15(12-17,9-11-19)18-14-6-4-13(16)5-7-14/h4-7,18H,2-3,8-11H2,1H3. The molecule has 1 aromatic rings. The molecule has 0 bridgehead atoms. The van der Waals surface area contributed by atoms with E-state index in [1.165, 1.54) is 12.1 Å². The molecular weight excluding hydrogens is 241 g/mol. The fourth-order valence-electron chi connectivity index (χ4n) is 2.58. The van der Waals surface area contributed by atoms with Crippen LogP contribution in [0.5, 0.6) is 0 Å². The molecule has 0 radical (unpaired) electrons. The Morgan fingerprint density at radius 1 is 1.32 bits per heavy atom. The molecule has 0 saturated carbocycles. The van der Waals surface area contributed by atoms with Crippen molar-refractivity contribution in [3.05, 3.63) is 30.1 Å². The summed E-state index contributed by atoms with van der Waals surface area (Å²) in [5.41, 5.74) is 0.287. The molecule has 0 aliphatic carbocycles. The SMILES string of the molecule is CCN1CCCC(C#N)(Nc2ccc(F)cc2)CC1. The molecule has 19 heavy (non-hydrogen) atoms. The van der Waals surface area contributed by atoms with Crippen LogP contribution in [0.2, 0.25) is 0 Å².